The van der Waals surface area contributed by atoms with E-state index in [2.05, 4.69) is 31.2 Å². The van der Waals surface area contributed by atoms with Crippen molar-refractivity contribution in [3.63, 3.8) is 0 Å². The molecular formula is C26H20F4. The Balaban J connectivity index is 1.64. The second kappa shape index (κ2) is 7.94. The number of alkyl halides is 3. The summed E-state index contributed by atoms with van der Waals surface area (Å²) in [5, 5.41) is 0.408. The van der Waals surface area contributed by atoms with Crippen molar-refractivity contribution in [1.29, 1.82) is 0 Å². The summed E-state index contributed by atoms with van der Waals surface area (Å²) in [6, 6.07) is 23.4. The molecule has 0 aromatic heterocycles. The lowest BCUT2D eigenvalue weighted by Crippen LogP contribution is -2.08. The Morgan fingerprint density at radius 1 is 0.667 bits per heavy atom. The number of aryl methyl sites for hydroxylation is 1. The first-order valence-corrected chi connectivity index (χ1v) is 9.86. The summed E-state index contributed by atoms with van der Waals surface area (Å²) in [5.74, 6) is -1.23. The quantitative estimate of drug-likeness (QED) is 0.298. The normalized spacial score (nSPS) is 11.8. The van der Waals surface area contributed by atoms with E-state index in [4.69, 9.17) is 0 Å². The molecule has 0 radical (unpaired) electrons. The molecule has 0 atom stereocenters. The zero-order valence-electron chi connectivity index (χ0n) is 16.4. The molecule has 0 saturated carbocycles. The molecule has 0 N–H and O–H groups in total. The first kappa shape index (κ1) is 20.1. The van der Waals surface area contributed by atoms with Gasteiger partial charge in [-0.3, -0.25) is 0 Å². The van der Waals surface area contributed by atoms with E-state index >= 15 is 0 Å². The SMILES string of the molecule is CCCc1ccc(-c2ccc(-c3ccc4c(F)c(C(F)(F)F)ccc4c3)cc2)cc1. The lowest BCUT2D eigenvalue weighted by atomic mass is 9.97. The lowest BCUT2D eigenvalue weighted by Gasteiger charge is -2.11. The van der Waals surface area contributed by atoms with Crippen molar-refractivity contribution in [2.45, 2.75) is 25.9 Å². The van der Waals surface area contributed by atoms with Gasteiger partial charge in [-0.15, -0.1) is 0 Å². The van der Waals surface area contributed by atoms with Crippen LogP contribution in [0.1, 0.15) is 24.5 Å². The minimum Gasteiger partial charge on any atom is -0.206 e. The van der Waals surface area contributed by atoms with E-state index in [1.807, 2.05) is 24.3 Å². The van der Waals surface area contributed by atoms with Crippen LogP contribution in [-0.2, 0) is 12.6 Å². The molecule has 0 heterocycles. The highest BCUT2D eigenvalue weighted by Crippen LogP contribution is 2.36. The summed E-state index contributed by atoms with van der Waals surface area (Å²) >= 11 is 0. The zero-order chi connectivity index (χ0) is 21.3. The Morgan fingerprint density at radius 3 is 1.77 bits per heavy atom. The molecule has 0 aliphatic rings. The molecule has 152 valence electrons. The second-order valence-corrected chi connectivity index (χ2v) is 7.39. The maximum absolute atomic E-state index is 14.3. The average molecular weight is 408 g/mol. The maximum Gasteiger partial charge on any atom is 0.419 e. The molecule has 0 bridgehead atoms. The van der Waals surface area contributed by atoms with E-state index in [-0.39, 0.29) is 5.39 Å². The first-order chi connectivity index (χ1) is 14.4. The van der Waals surface area contributed by atoms with E-state index in [1.165, 1.54) is 17.7 Å². The van der Waals surface area contributed by atoms with Crippen LogP contribution in [0.2, 0.25) is 0 Å². The number of hydrogen-bond acceptors (Lipinski definition) is 0. The van der Waals surface area contributed by atoms with E-state index in [0.717, 1.165) is 41.2 Å². The van der Waals surface area contributed by atoms with Crippen molar-refractivity contribution in [1.82, 2.24) is 0 Å². The molecule has 30 heavy (non-hydrogen) atoms. The highest BCUT2D eigenvalue weighted by molar-refractivity contribution is 5.88. The average Bonchev–Trinajstić information content (AvgIpc) is 2.74. The van der Waals surface area contributed by atoms with Crippen LogP contribution in [0.15, 0.2) is 78.9 Å². The van der Waals surface area contributed by atoms with Crippen LogP contribution in [-0.4, -0.2) is 0 Å². The lowest BCUT2D eigenvalue weighted by molar-refractivity contribution is -0.139. The van der Waals surface area contributed by atoms with Crippen molar-refractivity contribution in [2.75, 3.05) is 0 Å². The van der Waals surface area contributed by atoms with E-state index in [9.17, 15) is 17.6 Å². The molecule has 4 aromatic carbocycles. The topological polar surface area (TPSA) is 0 Å². The monoisotopic (exact) mass is 408 g/mol. The third-order valence-electron chi connectivity index (χ3n) is 5.30. The van der Waals surface area contributed by atoms with Gasteiger partial charge in [0, 0.05) is 5.39 Å². The van der Waals surface area contributed by atoms with Gasteiger partial charge in [0.1, 0.15) is 5.82 Å². The largest absolute Gasteiger partial charge is 0.419 e. The van der Waals surface area contributed by atoms with Gasteiger partial charge >= 0.3 is 6.18 Å². The summed E-state index contributed by atoms with van der Waals surface area (Å²) in [6.07, 6.45) is -2.53. The Kier molecular flexibility index (Phi) is 5.33. The van der Waals surface area contributed by atoms with Crippen LogP contribution >= 0.6 is 0 Å². The molecule has 4 rings (SSSR count). The Morgan fingerprint density at radius 2 is 1.20 bits per heavy atom. The number of rotatable bonds is 4. The molecule has 4 aromatic rings. The van der Waals surface area contributed by atoms with E-state index in [1.54, 1.807) is 12.1 Å². The van der Waals surface area contributed by atoms with Gasteiger partial charge in [-0.1, -0.05) is 80.1 Å². The zero-order valence-corrected chi connectivity index (χ0v) is 16.4. The van der Waals surface area contributed by atoms with E-state index in [0.29, 0.717) is 5.39 Å². The molecule has 0 aliphatic carbocycles. The fourth-order valence-corrected chi connectivity index (χ4v) is 3.70. The highest BCUT2D eigenvalue weighted by Gasteiger charge is 2.34. The van der Waals surface area contributed by atoms with Crippen molar-refractivity contribution in [3.05, 3.63) is 95.8 Å². The Labute approximate surface area is 172 Å². The van der Waals surface area contributed by atoms with Crippen LogP contribution in [0, 0.1) is 5.82 Å². The molecule has 0 nitrogen and oxygen atoms in total. The minimum absolute atomic E-state index is 0.0302. The Hall–Kier alpha value is -3.14. The number of hydrogen-bond donors (Lipinski definition) is 0. The molecule has 0 unspecified atom stereocenters. The van der Waals surface area contributed by atoms with Crippen molar-refractivity contribution < 1.29 is 17.6 Å². The van der Waals surface area contributed by atoms with Gasteiger partial charge in [0.05, 0.1) is 5.56 Å². The van der Waals surface area contributed by atoms with Gasteiger partial charge in [-0.05, 0) is 51.8 Å². The van der Waals surface area contributed by atoms with Crippen LogP contribution in [0.25, 0.3) is 33.0 Å². The van der Waals surface area contributed by atoms with Gasteiger partial charge in [-0.25, -0.2) is 4.39 Å². The molecule has 0 amide bonds. The second-order valence-electron chi connectivity index (χ2n) is 7.39. The fourth-order valence-electron chi connectivity index (χ4n) is 3.70. The molecule has 0 fully saturated rings. The van der Waals surface area contributed by atoms with Gasteiger partial charge < -0.3 is 0 Å². The third-order valence-corrected chi connectivity index (χ3v) is 5.30. The molecule has 0 aliphatic heterocycles. The summed E-state index contributed by atoms with van der Waals surface area (Å²) in [5.41, 5.74) is 4.03. The van der Waals surface area contributed by atoms with Crippen molar-refractivity contribution in [3.8, 4) is 22.3 Å². The van der Waals surface area contributed by atoms with Gasteiger partial charge in [0.2, 0.25) is 0 Å². The van der Waals surface area contributed by atoms with Crippen molar-refractivity contribution in [2.24, 2.45) is 0 Å². The van der Waals surface area contributed by atoms with Crippen LogP contribution in [0.5, 0.6) is 0 Å². The standard InChI is InChI=1S/C26H20F4/c1-2-3-17-4-6-18(7-5-17)19-8-10-20(11-9-19)21-12-14-23-22(16-21)13-15-24(25(23)27)26(28,29)30/h4-16H,2-3H2,1H3. The Bertz CT molecular complexity index is 1170. The number of halogens is 4. The van der Waals surface area contributed by atoms with Gasteiger partial charge in [0.15, 0.2) is 0 Å². The number of benzene rings is 4. The molecule has 0 spiro atoms. The molecular weight excluding hydrogens is 388 g/mol. The number of fused-ring (bicyclic) bond motifs is 1. The van der Waals surface area contributed by atoms with Crippen LogP contribution in [0.4, 0.5) is 17.6 Å². The van der Waals surface area contributed by atoms with Gasteiger partial charge in [-0.2, -0.15) is 13.2 Å². The van der Waals surface area contributed by atoms with Crippen LogP contribution < -0.4 is 0 Å². The predicted octanol–water partition coefficient (Wildman–Crippen LogP) is 8.28. The fraction of sp³-hybridized carbons (Fsp3) is 0.154. The minimum atomic E-state index is -4.71. The van der Waals surface area contributed by atoms with Crippen LogP contribution in [0.3, 0.4) is 0 Å². The highest BCUT2D eigenvalue weighted by atomic mass is 19.4. The summed E-state index contributed by atoms with van der Waals surface area (Å²) in [4.78, 5) is 0. The summed E-state index contributed by atoms with van der Waals surface area (Å²) in [6.45, 7) is 2.16. The smallest absolute Gasteiger partial charge is 0.206 e. The third kappa shape index (κ3) is 3.95. The van der Waals surface area contributed by atoms with E-state index < -0.39 is 17.6 Å². The summed E-state index contributed by atoms with van der Waals surface area (Å²) < 4.78 is 53.1. The summed E-state index contributed by atoms with van der Waals surface area (Å²) in [7, 11) is 0. The van der Waals surface area contributed by atoms with Gasteiger partial charge in [0.25, 0.3) is 0 Å². The maximum atomic E-state index is 14.3. The molecule has 4 heteroatoms. The van der Waals surface area contributed by atoms with Crippen molar-refractivity contribution >= 4 is 10.8 Å². The molecule has 0 saturated heterocycles. The predicted molar refractivity (Wildman–Crippen MR) is 114 cm³/mol. The first-order valence-electron chi connectivity index (χ1n) is 9.86.